The zero-order valence-electron chi connectivity index (χ0n) is 15.6. The van der Waals surface area contributed by atoms with Gasteiger partial charge in [0, 0.05) is 0 Å². The summed E-state index contributed by atoms with van der Waals surface area (Å²) in [6.45, 7) is 2.50. The highest BCUT2D eigenvalue weighted by molar-refractivity contribution is 7.46. The van der Waals surface area contributed by atoms with E-state index in [-0.39, 0.29) is 6.61 Å². The second kappa shape index (κ2) is 17.9. The smallest absolute Gasteiger partial charge is 0.301 e. The zero-order chi connectivity index (χ0) is 17.9. The molecule has 0 aromatic carbocycles. The van der Waals surface area contributed by atoms with E-state index in [0.29, 0.717) is 0 Å². The van der Waals surface area contributed by atoms with Crippen LogP contribution in [0.1, 0.15) is 110 Å². The van der Waals surface area contributed by atoms with E-state index in [2.05, 4.69) is 16.5 Å². The van der Waals surface area contributed by atoms with Crippen molar-refractivity contribution in [1.82, 2.24) is 0 Å². The number of hydrogen-bond acceptors (Lipinski definition) is 3. The van der Waals surface area contributed by atoms with Gasteiger partial charge in [-0.2, -0.15) is 0 Å². The molecule has 0 saturated carbocycles. The first-order chi connectivity index (χ1) is 11.6. The first-order valence-electron chi connectivity index (χ1n) is 9.93. The topological polar surface area (TPSA) is 76.0 Å². The van der Waals surface area contributed by atoms with Gasteiger partial charge in [-0.1, -0.05) is 103 Å². The fourth-order valence-corrected chi connectivity index (χ4v) is 3.03. The van der Waals surface area contributed by atoms with E-state index < -0.39 is 7.82 Å². The lowest BCUT2D eigenvalue weighted by atomic mass is 10.0. The highest BCUT2D eigenvalue weighted by Crippen LogP contribution is 2.35. The Labute approximate surface area is 148 Å². The highest BCUT2D eigenvalue weighted by Gasteiger charge is 2.14. The Kier molecular flexibility index (Phi) is 17.9. The Morgan fingerprint density at radius 3 is 1.29 bits per heavy atom. The van der Waals surface area contributed by atoms with Gasteiger partial charge >= 0.3 is 7.82 Å². The van der Waals surface area contributed by atoms with E-state index in [1.807, 2.05) is 0 Å². The molecule has 24 heavy (non-hydrogen) atoms. The fraction of sp³-hybridized carbons (Fsp3) is 1.00. The predicted octanol–water partition coefficient (Wildman–Crippen LogP) is 6.29. The molecule has 6 heteroatoms. The molecule has 0 amide bonds. The third-order valence-corrected chi connectivity index (χ3v) is 4.53. The molecular weight excluding hydrogens is 327 g/mol. The van der Waals surface area contributed by atoms with Gasteiger partial charge in [0.1, 0.15) is 0 Å². The van der Waals surface area contributed by atoms with Crippen LogP contribution >= 0.6 is 7.82 Å². The van der Waals surface area contributed by atoms with Gasteiger partial charge in [-0.25, -0.2) is 9.45 Å². The van der Waals surface area contributed by atoms with Gasteiger partial charge in [0.15, 0.2) is 0 Å². The average molecular weight is 366 g/mol. The Bertz CT molecular complexity index is 293. The van der Waals surface area contributed by atoms with Crippen molar-refractivity contribution in [3.05, 3.63) is 0 Å². The second-order valence-corrected chi connectivity index (χ2v) is 7.82. The summed E-state index contributed by atoms with van der Waals surface area (Å²) in [4.78, 5) is 21.3. The molecule has 0 aliphatic rings. The third-order valence-electron chi connectivity index (χ3n) is 4.23. The molecule has 0 saturated heterocycles. The number of rotatable bonds is 19. The molecule has 5 nitrogen and oxygen atoms in total. The lowest BCUT2D eigenvalue weighted by Crippen LogP contribution is -1.95. The van der Waals surface area contributed by atoms with Crippen molar-refractivity contribution in [2.45, 2.75) is 110 Å². The standard InChI is InChI=1S/C18H39O5P/c1-2-3-4-5-6-7-8-9-10-11-12-13-14-15-16-17-18-22-23-24(19,20)21/h2-18H2,1H3,(H2,19,20,21). The van der Waals surface area contributed by atoms with Crippen LogP contribution in [0.2, 0.25) is 0 Å². The van der Waals surface area contributed by atoms with Crippen molar-refractivity contribution in [3.63, 3.8) is 0 Å². The maximum atomic E-state index is 10.4. The zero-order valence-corrected chi connectivity index (χ0v) is 16.5. The highest BCUT2D eigenvalue weighted by atomic mass is 31.2. The number of unbranched alkanes of at least 4 members (excludes halogenated alkanes) is 15. The lowest BCUT2D eigenvalue weighted by Gasteiger charge is -2.05. The number of hydrogen-bond donors (Lipinski definition) is 2. The Morgan fingerprint density at radius 2 is 0.958 bits per heavy atom. The molecule has 0 unspecified atom stereocenters. The van der Waals surface area contributed by atoms with Gasteiger partial charge in [-0.15, -0.1) is 4.67 Å². The van der Waals surface area contributed by atoms with Crippen LogP contribution in [-0.2, 0) is 14.1 Å². The van der Waals surface area contributed by atoms with E-state index in [1.165, 1.54) is 83.5 Å². The van der Waals surface area contributed by atoms with Crippen LogP contribution in [-0.4, -0.2) is 16.4 Å². The first kappa shape index (κ1) is 24.1. The maximum Gasteiger partial charge on any atom is 0.496 e. The van der Waals surface area contributed by atoms with Crippen LogP contribution in [0.5, 0.6) is 0 Å². The van der Waals surface area contributed by atoms with Crippen molar-refractivity contribution in [1.29, 1.82) is 0 Å². The van der Waals surface area contributed by atoms with Gasteiger partial charge in [0.05, 0.1) is 6.61 Å². The molecule has 0 heterocycles. The van der Waals surface area contributed by atoms with Crippen LogP contribution in [0, 0.1) is 0 Å². The molecule has 0 aromatic rings. The molecular formula is C18H39O5P. The number of phosphoric acid groups is 1. The summed E-state index contributed by atoms with van der Waals surface area (Å²) >= 11 is 0. The Balaban J connectivity index is 3.02. The molecule has 2 N–H and O–H groups in total. The lowest BCUT2D eigenvalue weighted by molar-refractivity contribution is -0.222. The SMILES string of the molecule is CCCCCCCCCCCCCCCCCCOOP(=O)(O)O. The Morgan fingerprint density at radius 1 is 0.625 bits per heavy atom. The molecule has 0 fully saturated rings. The summed E-state index contributed by atoms with van der Waals surface area (Å²) in [6.07, 6.45) is 20.7. The van der Waals surface area contributed by atoms with Crippen LogP contribution in [0.4, 0.5) is 0 Å². The van der Waals surface area contributed by atoms with Crippen LogP contribution < -0.4 is 0 Å². The molecule has 0 aliphatic heterocycles. The fourth-order valence-electron chi connectivity index (χ4n) is 2.82. The minimum absolute atomic E-state index is 0.240. The molecule has 0 spiro atoms. The minimum atomic E-state index is -4.48. The van der Waals surface area contributed by atoms with E-state index in [1.54, 1.807) is 0 Å². The van der Waals surface area contributed by atoms with Crippen molar-refractivity contribution >= 4 is 7.82 Å². The summed E-state index contributed by atoms with van der Waals surface area (Å²) in [5, 5.41) is 0. The van der Waals surface area contributed by atoms with Crippen molar-refractivity contribution in [3.8, 4) is 0 Å². The van der Waals surface area contributed by atoms with E-state index >= 15 is 0 Å². The van der Waals surface area contributed by atoms with Gasteiger partial charge in [0.2, 0.25) is 0 Å². The van der Waals surface area contributed by atoms with E-state index in [4.69, 9.17) is 9.79 Å². The van der Waals surface area contributed by atoms with E-state index in [9.17, 15) is 4.57 Å². The molecule has 0 rings (SSSR count). The third kappa shape index (κ3) is 22.1. The minimum Gasteiger partial charge on any atom is -0.301 e. The molecule has 0 atom stereocenters. The summed E-state index contributed by atoms with van der Waals surface area (Å²) in [5.74, 6) is 0. The Hall–Kier alpha value is 0.0700. The molecule has 146 valence electrons. The molecule has 0 radical (unpaired) electrons. The molecule has 0 bridgehead atoms. The predicted molar refractivity (Wildman–Crippen MR) is 98.6 cm³/mol. The first-order valence-corrected chi connectivity index (χ1v) is 11.5. The normalized spacial score (nSPS) is 12.0. The largest absolute Gasteiger partial charge is 0.496 e. The van der Waals surface area contributed by atoms with E-state index in [0.717, 1.165) is 19.3 Å². The molecule has 0 aliphatic carbocycles. The summed E-state index contributed by atoms with van der Waals surface area (Å²) in [6, 6.07) is 0. The van der Waals surface area contributed by atoms with Gasteiger partial charge < -0.3 is 9.79 Å². The van der Waals surface area contributed by atoms with Crippen molar-refractivity contribution in [2.24, 2.45) is 0 Å². The van der Waals surface area contributed by atoms with Gasteiger partial charge in [-0.05, 0) is 6.42 Å². The average Bonchev–Trinajstić information content (AvgIpc) is 2.52. The summed E-state index contributed by atoms with van der Waals surface area (Å²) < 4.78 is 14.3. The molecule has 0 aromatic heterocycles. The van der Waals surface area contributed by atoms with Gasteiger partial charge in [-0.3, -0.25) is 0 Å². The summed E-state index contributed by atoms with van der Waals surface area (Å²) in [7, 11) is -4.48. The van der Waals surface area contributed by atoms with Crippen LogP contribution in [0.3, 0.4) is 0 Å². The van der Waals surface area contributed by atoms with Gasteiger partial charge in [0.25, 0.3) is 0 Å². The van der Waals surface area contributed by atoms with Crippen molar-refractivity contribution < 1.29 is 23.9 Å². The maximum absolute atomic E-state index is 10.4. The van der Waals surface area contributed by atoms with Crippen LogP contribution in [0.25, 0.3) is 0 Å². The van der Waals surface area contributed by atoms with Crippen molar-refractivity contribution in [2.75, 3.05) is 6.61 Å². The second-order valence-electron chi connectivity index (χ2n) is 6.69. The summed E-state index contributed by atoms with van der Waals surface area (Å²) in [5.41, 5.74) is 0. The monoisotopic (exact) mass is 366 g/mol. The van der Waals surface area contributed by atoms with Crippen LogP contribution in [0.15, 0.2) is 0 Å². The quantitative estimate of drug-likeness (QED) is 0.122.